The van der Waals surface area contributed by atoms with Gasteiger partial charge in [-0.15, -0.1) is 0 Å². The Labute approximate surface area is 138 Å². The summed E-state index contributed by atoms with van der Waals surface area (Å²) in [6.45, 7) is 5.14. The van der Waals surface area contributed by atoms with E-state index in [2.05, 4.69) is 35.1 Å². The highest BCUT2D eigenvalue weighted by Crippen LogP contribution is 2.36. The van der Waals surface area contributed by atoms with E-state index in [1.165, 1.54) is 17.8 Å². The molecule has 0 aliphatic heterocycles. The van der Waals surface area contributed by atoms with Gasteiger partial charge in [0.2, 0.25) is 0 Å². The Hall–Kier alpha value is -0.840. The number of hydrogen-bond donors (Lipinski definition) is 1. The summed E-state index contributed by atoms with van der Waals surface area (Å²) in [5.41, 5.74) is 1.01. The Kier molecular flexibility index (Phi) is 6.27. The summed E-state index contributed by atoms with van der Waals surface area (Å²) in [5.74, 6) is -0.164. The summed E-state index contributed by atoms with van der Waals surface area (Å²) < 4.78 is 15.3. The van der Waals surface area contributed by atoms with Crippen LogP contribution in [0.4, 0.5) is 4.39 Å². The van der Waals surface area contributed by atoms with Gasteiger partial charge in [-0.2, -0.15) is 0 Å². The molecule has 0 aromatic heterocycles. The van der Waals surface area contributed by atoms with E-state index in [1.807, 2.05) is 30.3 Å². The molecule has 1 unspecified atom stereocenters. The van der Waals surface area contributed by atoms with Crippen molar-refractivity contribution in [1.29, 1.82) is 0 Å². The van der Waals surface area contributed by atoms with Crippen molar-refractivity contribution in [3.63, 3.8) is 0 Å². The molecular formula is C17H19BrFNS. The smallest absolute Gasteiger partial charge is 0.137 e. The van der Waals surface area contributed by atoms with E-state index in [0.717, 1.165) is 27.9 Å². The van der Waals surface area contributed by atoms with Crippen LogP contribution in [0, 0.1) is 5.82 Å². The summed E-state index contributed by atoms with van der Waals surface area (Å²) in [5, 5.41) is 3.42. The molecule has 1 atom stereocenters. The van der Waals surface area contributed by atoms with E-state index in [0.29, 0.717) is 4.90 Å². The molecule has 1 nitrogen and oxygen atoms in total. The Morgan fingerprint density at radius 3 is 2.71 bits per heavy atom. The lowest BCUT2D eigenvalue weighted by molar-refractivity contribution is 0.543. The fraction of sp³-hybridized carbons (Fsp3) is 0.294. The summed E-state index contributed by atoms with van der Waals surface area (Å²) in [6, 6.07) is 13.4. The van der Waals surface area contributed by atoms with Gasteiger partial charge in [0, 0.05) is 15.4 Å². The average Bonchev–Trinajstić information content (AvgIpc) is 2.47. The first-order valence-corrected chi connectivity index (χ1v) is 8.68. The molecule has 0 saturated heterocycles. The van der Waals surface area contributed by atoms with Gasteiger partial charge in [0.25, 0.3) is 0 Å². The van der Waals surface area contributed by atoms with Crippen molar-refractivity contribution < 1.29 is 4.39 Å². The van der Waals surface area contributed by atoms with E-state index < -0.39 is 0 Å². The molecule has 1 N–H and O–H groups in total. The largest absolute Gasteiger partial charge is 0.310 e. The minimum Gasteiger partial charge on any atom is -0.310 e. The predicted octanol–water partition coefficient (Wildman–Crippen LogP) is 5.80. The molecule has 0 bridgehead atoms. The van der Waals surface area contributed by atoms with Crippen molar-refractivity contribution in [2.24, 2.45) is 0 Å². The number of nitrogens with one attached hydrogen (secondary N) is 1. The van der Waals surface area contributed by atoms with Crippen LogP contribution < -0.4 is 5.32 Å². The molecule has 4 heteroatoms. The van der Waals surface area contributed by atoms with Crippen LogP contribution in [0.1, 0.15) is 31.9 Å². The van der Waals surface area contributed by atoms with Gasteiger partial charge in [0.1, 0.15) is 5.82 Å². The molecule has 0 aliphatic rings. The molecule has 0 heterocycles. The molecule has 0 aliphatic carbocycles. The lowest BCUT2D eigenvalue weighted by atomic mass is 10.1. The topological polar surface area (TPSA) is 12.0 Å². The lowest BCUT2D eigenvalue weighted by Gasteiger charge is -2.18. The third kappa shape index (κ3) is 4.56. The quantitative estimate of drug-likeness (QED) is 0.692. The van der Waals surface area contributed by atoms with Crippen LogP contribution in [0.2, 0.25) is 0 Å². The lowest BCUT2D eigenvalue weighted by Crippen LogP contribution is -2.20. The number of hydrogen-bond acceptors (Lipinski definition) is 2. The zero-order valence-electron chi connectivity index (χ0n) is 12.2. The molecule has 0 radical (unpaired) electrons. The summed E-state index contributed by atoms with van der Waals surface area (Å²) in [6.07, 6.45) is 1.06. The van der Waals surface area contributed by atoms with Crippen LogP contribution in [-0.4, -0.2) is 6.54 Å². The normalized spacial score (nSPS) is 12.4. The number of halogens is 2. The van der Waals surface area contributed by atoms with E-state index in [9.17, 15) is 4.39 Å². The van der Waals surface area contributed by atoms with Gasteiger partial charge < -0.3 is 5.32 Å². The van der Waals surface area contributed by atoms with Crippen LogP contribution in [0.15, 0.2) is 56.7 Å². The summed E-state index contributed by atoms with van der Waals surface area (Å²) >= 11 is 4.93. The molecule has 2 aromatic rings. The minimum absolute atomic E-state index is 0.135. The summed E-state index contributed by atoms with van der Waals surface area (Å²) in [7, 11) is 0. The maximum Gasteiger partial charge on any atom is 0.137 e. The molecular weight excluding hydrogens is 349 g/mol. The van der Waals surface area contributed by atoms with Gasteiger partial charge in [0.05, 0.1) is 4.90 Å². The third-order valence-corrected chi connectivity index (χ3v) is 4.80. The van der Waals surface area contributed by atoms with Crippen molar-refractivity contribution in [2.45, 2.75) is 36.1 Å². The van der Waals surface area contributed by atoms with Crippen LogP contribution in [0.3, 0.4) is 0 Å². The fourth-order valence-corrected chi connectivity index (χ4v) is 3.74. The van der Waals surface area contributed by atoms with Crippen LogP contribution in [0.25, 0.3) is 0 Å². The van der Waals surface area contributed by atoms with Crippen molar-refractivity contribution in [3.8, 4) is 0 Å². The molecule has 0 amide bonds. The Morgan fingerprint density at radius 1 is 1.24 bits per heavy atom. The van der Waals surface area contributed by atoms with Gasteiger partial charge in [-0.3, -0.25) is 0 Å². The van der Waals surface area contributed by atoms with Crippen LogP contribution in [0.5, 0.6) is 0 Å². The van der Waals surface area contributed by atoms with E-state index in [4.69, 9.17) is 0 Å². The third-order valence-electron chi connectivity index (χ3n) is 3.18. The molecule has 2 rings (SSSR count). The second-order valence-corrected chi connectivity index (χ2v) is 6.89. The Morgan fingerprint density at radius 2 is 2.00 bits per heavy atom. The average molecular weight is 368 g/mol. The maximum atomic E-state index is 14.3. The number of rotatable bonds is 6. The SMILES string of the molecule is CCCNC(C)c1cccc(F)c1Sc1cccc(Br)c1. The van der Waals surface area contributed by atoms with Gasteiger partial charge in [-0.05, 0) is 49.7 Å². The van der Waals surface area contributed by atoms with Gasteiger partial charge in [0.15, 0.2) is 0 Å². The van der Waals surface area contributed by atoms with Gasteiger partial charge in [-0.1, -0.05) is 52.8 Å². The Balaban J connectivity index is 2.29. The van der Waals surface area contributed by atoms with Crippen molar-refractivity contribution >= 4 is 27.7 Å². The summed E-state index contributed by atoms with van der Waals surface area (Å²) in [4.78, 5) is 1.73. The first kappa shape index (κ1) is 16.5. The second kappa shape index (κ2) is 7.97. The highest BCUT2D eigenvalue weighted by molar-refractivity contribution is 9.10. The molecule has 0 spiro atoms. The van der Waals surface area contributed by atoms with Gasteiger partial charge >= 0.3 is 0 Å². The molecule has 0 fully saturated rings. The van der Waals surface area contributed by atoms with Crippen LogP contribution in [-0.2, 0) is 0 Å². The van der Waals surface area contributed by atoms with E-state index in [1.54, 1.807) is 6.07 Å². The van der Waals surface area contributed by atoms with E-state index >= 15 is 0 Å². The Bertz CT molecular complexity index is 603. The molecule has 21 heavy (non-hydrogen) atoms. The maximum absolute atomic E-state index is 14.3. The van der Waals surface area contributed by atoms with Crippen LogP contribution >= 0.6 is 27.7 Å². The zero-order valence-corrected chi connectivity index (χ0v) is 14.6. The highest BCUT2D eigenvalue weighted by atomic mass is 79.9. The standard InChI is InChI=1S/C17H19BrFNS/c1-3-10-20-12(2)15-8-5-9-16(19)17(15)21-14-7-4-6-13(18)11-14/h4-9,11-12,20H,3,10H2,1-2H3. The first-order chi connectivity index (χ1) is 10.1. The van der Waals surface area contributed by atoms with Crippen molar-refractivity contribution in [2.75, 3.05) is 6.54 Å². The van der Waals surface area contributed by atoms with Crippen molar-refractivity contribution in [3.05, 3.63) is 58.3 Å². The zero-order chi connectivity index (χ0) is 15.2. The molecule has 112 valence electrons. The highest BCUT2D eigenvalue weighted by Gasteiger charge is 2.15. The number of benzene rings is 2. The van der Waals surface area contributed by atoms with E-state index in [-0.39, 0.29) is 11.9 Å². The van der Waals surface area contributed by atoms with Crippen molar-refractivity contribution in [1.82, 2.24) is 5.32 Å². The fourth-order valence-electron chi connectivity index (χ4n) is 2.09. The first-order valence-electron chi connectivity index (χ1n) is 7.07. The predicted molar refractivity (Wildman–Crippen MR) is 91.4 cm³/mol. The minimum atomic E-state index is -0.164. The van der Waals surface area contributed by atoms with Gasteiger partial charge in [-0.25, -0.2) is 4.39 Å². The molecule has 0 saturated carbocycles. The second-order valence-electron chi connectivity index (χ2n) is 4.89. The monoisotopic (exact) mass is 367 g/mol. The molecule has 2 aromatic carbocycles.